The zero-order valence-electron chi connectivity index (χ0n) is 17.7. The monoisotopic (exact) mass is 532 g/mol. The minimum absolute atomic E-state index is 0. The van der Waals surface area contributed by atoms with Crippen LogP contribution in [-0.2, 0) is 10.2 Å². The molecule has 2 aromatic heterocycles. The second-order valence-electron chi connectivity index (χ2n) is 7.78. The Morgan fingerprint density at radius 1 is 1.24 bits per heavy atom. The van der Waals surface area contributed by atoms with Crippen LogP contribution in [0.25, 0.3) is 0 Å². The fourth-order valence-corrected chi connectivity index (χ4v) is 4.25. The highest BCUT2D eigenvalue weighted by Crippen LogP contribution is 2.26. The van der Waals surface area contributed by atoms with Crippen molar-refractivity contribution in [3.63, 3.8) is 0 Å². The molecule has 0 amide bonds. The lowest BCUT2D eigenvalue weighted by Crippen LogP contribution is -2.48. The zero-order valence-corrected chi connectivity index (χ0v) is 20.9. The van der Waals surface area contributed by atoms with Crippen molar-refractivity contribution >= 4 is 41.3 Å². The van der Waals surface area contributed by atoms with Crippen molar-refractivity contribution in [3.8, 4) is 0 Å². The molecule has 0 saturated carbocycles. The van der Waals surface area contributed by atoms with Gasteiger partial charge in [0.15, 0.2) is 5.96 Å². The van der Waals surface area contributed by atoms with E-state index in [0.717, 1.165) is 56.9 Å². The van der Waals surface area contributed by atoms with Crippen LogP contribution < -0.4 is 10.6 Å². The van der Waals surface area contributed by atoms with Gasteiger partial charge in [-0.15, -0.1) is 35.3 Å². The molecule has 0 aromatic carbocycles. The van der Waals surface area contributed by atoms with Crippen LogP contribution in [0.5, 0.6) is 0 Å². The quantitative estimate of drug-likeness (QED) is 0.323. The van der Waals surface area contributed by atoms with Gasteiger partial charge in [0.1, 0.15) is 11.5 Å². The number of rotatable bonds is 7. The molecule has 0 spiro atoms. The topological polar surface area (TPSA) is 62.0 Å². The van der Waals surface area contributed by atoms with Gasteiger partial charge in [-0.1, -0.05) is 19.9 Å². The molecule has 1 fully saturated rings. The molecule has 0 radical (unpaired) electrons. The Balaban J connectivity index is 0.00000300. The Hall–Kier alpha value is -1.10. The lowest BCUT2D eigenvalue weighted by Gasteiger charge is -2.34. The van der Waals surface area contributed by atoms with E-state index < -0.39 is 0 Å². The molecule has 1 unspecified atom stereocenters. The van der Waals surface area contributed by atoms with Crippen LogP contribution in [0.1, 0.15) is 36.3 Å². The summed E-state index contributed by atoms with van der Waals surface area (Å²) < 4.78 is 11.5. The average molecular weight is 532 g/mol. The van der Waals surface area contributed by atoms with Crippen molar-refractivity contribution in [2.75, 3.05) is 46.4 Å². The molecule has 3 heterocycles. The summed E-state index contributed by atoms with van der Waals surface area (Å²) in [7, 11) is 1.81. The molecule has 1 saturated heterocycles. The molecule has 2 N–H and O–H groups in total. The first-order valence-corrected chi connectivity index (χ1v) is 10.7. The third-order valence-corrected chi connectivity index (χ3v) is 6.38. The highest BCUT2D eigenvalue weighted by Gasteiger charge is 2.26. The maximum Gasteiger partial charge on any atom is 0.191 e. The van der Waals surface area contributed by atoms with Gasteiger partial charge in [-0.2, -0.15) is 0 Å². The molecule has 6 nitrogen and oxygen atoms in total. The second-order valence-corrected chi connectivity index (χ2v) is 8.73. The summed E-state index contributed by atoms with van der Waals surface area (Å²) in [4.78, 5) is 8.19. The number of hydrogen-bond acceptors (Lipinski definition) is 5. The van der Waals surface area contributed by atoms with Crippen molar-refractivity contribution in [2.24, 2.45) is 4.99 Å². The Kier molecular flexibility index (Phi) is 9.45. The second kappa shape index (κ2) is 11.3. The number of nitrogens with zero attached hydrogens (tertiary/aromatic N) is 2. The highest BCUT2D eigenvalue weighted by atomic mass is 127. The smallest absolute Gasteiger partial charge is 0.191 e. The summed E-state index contributed by atoms with van der Waals surface area (Å²) >= 11 is 1.79. The van der Waals surface area contributed by atoms with E-state index in [0.29, 0.717) is 0 Å². The molecular formula is C21H33IN4O2S. The van der Waals surface area contributed by atoms with Gasteiger partial charge in [-0.3, -0.25) is 9.89 Å². The number of nitrogens with one attached hydrogen (secondary N) is 2. The van der Waals surface area contributed by atoms with Crippen molar-refractivity contribution in [1.29, 1.82) is 0 Å². The van der Waals surface area contributed by atoms with E-state index in [1.807, 2.05) is 20.0 Å². The summed E-state index contributed by atoms with van der Waals surface area (Å²) in [6.07, 6.45) is 0. The molecule has 3 rings (SSSR count). The molecule has 2 aromatic rings. The first-order valence-electron chi connectivity index (χ1n) is 9.86. The first kappa shape index (κ1) is 24.2. The average Bonchev–Trinajstić information content (AvgIpc) is 3.38. The van der Waals surface area contributed by atoms with Gasteiger partial charge in [-0.25, -0.2) is 0 Å². The van der Waals surface area contributed by atoms with Crippen molar-refractivity contribution in [3.05, 3.63) is 46.0 Å². The van der Waals surface area contributed by atoms with Crippen molar-refractivity contribution < 1.29 is 9.15 Å². The third kappa shape index (κ3) is 6.70. The predicted octanol–water partition coefficient (Wildman–Crippen LogP) is 3.78. The summed E-state index contributed by atoms with van der Waals surface area (Å²) in [5.74, 6) is 2.74. The number of furan rings is 1. The van der Waals surface area contributed by atoms with Gasteiger partial charge in [-0.05, 0) is 30.5 Å². The molecular weight excluding hydrogens is 499 g/mol. The van der Waals surface area contributed by atoms with Crippen molar-refractivity contribution in [2.45, 2.75) is 32.2 Å². The van der Waals surface area contributed by atoms with Crippen LogP contribution in [0.3, 0.4) is 0 Å². The lowest BCUT2D eigenvalue weighted by atomic mass is 9.91. The van der Waals surface area contributed by atoms with Crippen LogP contribution >= 0.6 is 35.3 Å². The van der Waals surface area contributed by atoms with E-state index in [9.17, 15) is 0 Å². The molecule has 0 bridgehead atoms. The van der Waals surface area contributed by atoms with Gasteiger partial charge >= 0.3 is 0 Å². The first-order chi connectivity index (χ1) is 13.5. The molecule has 1 atom stereocenters. The normalized spacial score (nSPS) is 16.9. The minimum Gasteiger partial charge on any atom is -0.465 e. The molecule has 162 valence electrons. The number of morpholine rings is 1. The van der Waals surface area contributed by atoms with Gasteiger partial charge in [0, 0.05) is 43.5 Å². The van der Waals surface area contributed by atoms with Gasteiger partial charge in [0.2, 0.25) is 0 Å². The highest BCUT2D eigenvalue weighted by molar-refractivity contribution is 14.0. The van der Waals surface area contributed by atoms with E-state index in [4.69, 9.17) is 9.15 Å². The van der Waals surface area contributed by atoms with Gasteiger partial charge in [0.25, 0.3) is 0 Å². The van der Waals surface area contributed by atoms with Gasteiger partial charge < -0.3 is 19.8 Å². The Labute approximate surface area is 195 Å². The number of aliphatic imine (C=N–C) groups is 1. The fourth-order valence-electron chi connectivity index (χ4n) is 3.40. The summed E-state index contributed by atoms with van der Waals surface area (Å²) in [6.45, 7) is 11.4. The SMILES string of the molecule is CN=C(NCC(c1ccc(C)o1)N1CCOCC1)NCC(C)(C)c1cccs1.I. The Morgan fingerprint density at radius 3 is 2.59 bits per heavy atom. The number of halogens is 1. The van der Waals surface area contributed by atoms with E-state index in [1.54, 1.807) is 11.3 Å². The summed E-state index contributed by atoms with van der Waals surface area (Å²) in [5, 5.41) is 9.10. The minimum atomic E-state index is 0. The number of ether oxygens (including phenoxy) is 1. The number of aryl methyl sites for hydroxylation is 1. The zero-order chi connectivity index (χ0) is 20.0. The Bertz CT molecular complexity index is 755. The van der Waals surface area contributed by atoms with Crippen LogP contribution in [0.2, 0.25) is 0 Å². The maximum atomic E-state index is 5.95. The third-order valence-electron chi connectivity index (χ3n) is 5.15. The van der Waals surface area contributed by atoms with Crippen LogP contribution in [-0.4, -0.2) is 57.3 Å². The Morgan fingerprint density at radius 2 is 2.00 bits per heavy atom. The predicted molar refractivity (Wildman–Crippen MR) is 131 cm³/mol. The summed E-state index contributed by atoms with van der Waals surface area (Å²) in [5.41, 5.74) is 0.0491. The molecule has 1 aliphatic heterocycles. The number of guanidine groups is 1. The molecule has 29 heavy (non-hydrogen) atoms. The molecule has 1 aliphatic rings. The fraction of sp³-hybridized carbons (Fsp3) is 0.571. The molecule has 8 heteroatoms. The van der Waals surface area contributed by atoms with Gasteiger partial charge in [0.05, 0.1) is 19.3 Å². The van der Waals surface area contributed by atoms with E-state index in [1.165, 1.54) is 4.88 Å². The van der Waals surface area contributed by atoms with Crippen LogP contribution in [0, 0.1) is 6.92 Å². The summed E-state index contributed by atoms with van der Waals surface area (Å²) in [6, 6.07) is 8.55. The maximum absolute atomic E-state index is 5.95. The van der Waals surface area contributed by atoms with Crippen LogP contribution in [0.15, 0.2) is 39.1 Å². The van der Waals surface area contributed by atoms with E-state index in [2.05, 4.69) is 58.0 Å². The van der Waals surface area contributed by atoms with E-state index in [-0.39, 0.29) is 35.4 Å². The lowest BCUT2D eigenvalue weighted by molar-refractivity contribution is 0.0124. The standard InChI is InChI=1S/C21H32N4O2S.HI/c1-16-7-8-18(27-16)17(25-9-11-26-12-10-25)14-23-20(22-4)24-15-21(2,3)19-6-5-13-28-19;/h5-8,13,17H,9-12,14-15H2,1-4H3,(H2,22,23,24);1H. The number of hydrogen-bond donors (Lipinski definition) is 2. The largest absolute Gasteiger partial charge is 0.465 e. The number of thiophene rings is 1. The van der Waals surface area contributed by atoms with Crippen molar-refractivity contribution in [1.82, 2.24) is 15.5 Å². The van der Waals surface area contributed by atoms with Crippen LogP contribution in [0.4, 0.5) is 0 Å². The van der Waals surface area contributed by atoms with E-state index >= 15 is 0 Å². The molecule has 0 aliphatic carbocycles.